The van der Waals surface area contributed by atoms with Crippen LogP contribution in [0.25, 0.3) is 5.52 Å². The van der Waals surface area contributed by atoms with Crippen molar-refractivity contribution < 1.29 is 9.59 Å². The topological polar surface area (TPSA) is 70.8 Å². The third kappa shape index (κ3) is 2.86. The van der Waals surface area contributed by atoms with Crippen molar-refractivity contribution in [1.82, 2.24) is 24.4 Å². The van der Waals surface area contributed by atoms with E-state index in [1.54, 1.807) is 29.7 Å². The van der Waals surface area contributed by atoms with Crippen LogP contribution in [0, 0.1) is 0 Å². The zero-order valence-corrected chi connectivity index (χ0v) is 15.5. The fraction of sp³-hybridized carbons (Fsp3) is 0.333. The number of carbonyl (C=O) groups is 2. The first kappa shape index (κ1) is 16.7. The molecule has 0 aromatic carbocycles. The lowest BCUT2D eigenvalue weighted by molar-refractivity contribution is 0.0763. The van der Waals surface area contributed by atoms with Crippen LogP contribution in [0.2, 0.25) is 0 Å². The van der Waals surface area contributed by atoms with Crippen molar-refractivity contribution in [2.75, 3.05) is 27.2 Å². The largest absolute Gasteiger partial charge is 0.343 e. The van der Waals surface area contributed by atoms with Crippen LogP contribution in [0.1, 0.15) is 30.7 Å². The number of nitrogens with zero attached hydrogens (tertiary/aromatic N) is 5. The number of amides is 2. The molecule has 3 aromatic heterocycles. The van der Waals surface area contributed by atoms with E-state index in [9.17, 15) is 9.59 Å². The Morgan fingerprint density at radius 3 is 2.81 bits per heavy atom. The summed E-state index contributed by atoms with van der Waals surface area (Å²) in [4.78, 5) is 34.1. The Balaban J connectivity index is 1.53. The molecule has 0 saturated carbocycles. The standard InChI is InChI=1S/C18H19N5O2S/c1-21(2)18(25)16-20-13-6-9-22(10-7-15(13)26-16)17(24)12-11-19-23-8-4-3-5-14(12)23/h3-5,8,11H,6-7,9-10H2,1-2H3. The number of aromatic nitrogens is 3. The summed E-state index contributed by atoms with van der Waals surface area (Å²) in [5.41, 5.74) is 2.37. The molecule has 4 heterocycles. The average Bonchev–Trinajstić information content (AvgIpc) is 3.20. The molecule has 0 fully saturated rings. The monoisotopic (exact) mass is 369 g/mol. The summed E-state index contributed by atoms with van der Waals surface area (Å²) in [7, 11) is 3.46. The summed E-state index contributed by atoms with van der Waals surface area (Å²) in [6.45, 7) is 1.21. The molecule has 1 aliphatic heterocycles. The molecular weight excluding hydrogens is 350 g/mol. The van der Waals surface area contributed by atoms with Crippen LogP contribution in [-0.2, 0) is 12.8 Å². The second kappa shape index (κ2) is 6.53. The highest BCUT2D eigenvalue weighted by Gasteiger charge is 2.25. The van der Waals surface area contributed by atoms with Gasteiger partial charge in [0.1, 0.15) is 0 Å². The van der Waals surface area contributed by atoms with Gasteiger partial charge < -0.3 is 9.80 Å². The second-order valence-corrected chi connectivity index (χ2v) is 7.55. The molecule has 0 atom stereocenters. The summed E-state index contributed by atoms with van der Waals surface area (Å²) in [5, 5.41) is 4.78. The van der Waals surface area contributed by atoms with Gasteiger partial charge in [0.15, 0.2) is 5.01 Å². The molecule has 3 aromatic rings. The van der Waals surface area contributed by atoms with Gasteiger partial charge >= 0.3 is 0 Å². The Bertz CT molecular complexity index is 965. The molecule has 134 valence electrons. The molecule has 1 aliphatic rings. The van der Waals surface area contributed by atoms with Crippen LogP contribution in [0.5, 0.6) is 0 Å². The molecule has 4 rings (SSSR count). The van der Waals surface area contributed by atoms with Gasteiger partial charge in [0.2, 0.25) is 0 Å². The number of thiazole rings is 1. The first-order valence-corrected chi connectivity index (χ1v) is 9.28. The van der Waals surface area contributed by atoms with E-state index in [1.807, 2.05) is 29.3 Å². The normalized spacial score (nSPS) is 14.2. The van der Waals surface area contributed by atoms with Crippen LogP contribution in [0.15, 0.2) is 30.6 Å². The van der Waals surface area contributed by atoms with Crippen molar-refractivity contribution in [3.05, 3.63) is 51.7 Å². The number of carbonyl (C=O) groups excluding carboxylic acids is 2. The number of pyridine rings is 1. The predicted molar refractivity (Wildman–Crippen MR) is 98.6 cm³/mol. The molecule has 0 unspecified atom stereocenters. The highest BCUT2D eigenvalue weighted by atomic mass is 32.1. The van der Waals surface area contributed by atoms with Crippen molar-refractivity contribution >= 4 is 28.7 Å². The van der Waals surface area contributed by atoms with Crippen LogP contribution in [0.3, 0.4) is 0 Å². The van der Waals surface area contributed by atoms with Crippen molar-refractivity contribution in [3.8, 4) is 0 Å². The maximum Gasteiger partial charge on any atom is 0.282 e. The zero-order chi connectivity index (χ0) is 18.3. The smallest absolute Gasteiger partial charge is 0.282 e. The Labute approximate surface area is 154 Å². The minimum Gasteiger partial charge on any atom is -0.343 e. The molecule has 0 spiro atoms. The van der Waals surface area contributed by atoms with Gasteiger partial charge in [-0.3, -0.25) is 9.59 Å². The maximum absolute atomic E-state index is 13.0. The Morgan fingerprint density at radius 2 is 2.00 bits per heavy atom. The summed E-state index contributed by atoms with van der Waals surface area (Å²) in [6, 6.07) is 5.69. The van der Waals surface area contributed by atoms with Gasteiger partial charge in [-0.15, -0.1) is 11.3 Å². The lowest BCUT2D eigenvalue weighted by Crippen LogP contribution is -2.33. The Kier molecular flexibility index (Phi) is 4.20. The third-order valence-electron chi connectivity index (χ3n) is 4.54. The van der Waals surface area contributed by atoms with Crippen LogP contribution in [0.4, 0.5) is 0 Å². The number of hydrogen-bond acceptors (Lipinski definition) is 5. The molecule has 26 heavy (non-hydrogen) atoms. The summed E-state index contributed by atoms with van der Waals surface area (Å²) in [6.07, 6.45) is 4.85. The van der Waals surface area contributed by atoms with Crippen LogP contribution < -0.4 is 0 Å². The van der Waals surface area contributed by atoms with E-state index in [-0.39, 0.29) is 11.8 Å². The second-order valence-electron chi connectivity index (χ2n) is 6.47. The van der Waals surface area contributed by atoms with E-state index in [1.165, 1.54) is 11.3 Å². The van der Waals surface area contributed by atoms with E-state index in [0.29, 0.717) is 30.1 Å². The van der Waals surface area contributed by atoms with Gasteiger partial charge in [-0.2, -0.15) is 5.10 Å². The third-order valence-corrected chi connectivity index (χ3v) is 5.68. The van der Waals surface area contributed by atoms with E-state index >= 15 is 0 Å². The predicted octanol–water partition coefficient (Wildman–Crippen LogP) is 1.73. The molecule has 0 bridgehead atoms. The van der Waals surface area contributed by atoms with E-state index in [0.717, 1.165) is 22.5 Å². The van der Waals surface area contributed by atoms with Gasteiger partial charge in [0, 0.05) is 51.1 Å². The van der Waals surface area contributed by atoms with Gasteiger partial charge in [-0.1, -0.05) is 6.07 Å². The summed E-state index contributed by atoms with van der Waals surface area (Å²) >= 11 is 1.44. The van der Waals surface area contributed by atoms with Crippen molar-refractivity contribution in [2.45, 2.75) is 12.8 Å². The van der Waals surface area contributed by atoms with Gasteiger partial charge in [0.05, 0.1) is 23.0 Å². The van der Waals surface area contributed by atoms with Gasteiger partial charge in [0.25, 0.3) is 11.8 Å². The summed E-state index contributed by atoms with van der Waals surface area (Å²) < 4.78 is 1.71. The summed E-state index contributed by atoms with van der Waals surface area (Å²) in [5.74, 6) is -0.0756. The molecule has 7 nitrogen and oxygen atoms in total. The highest BCUT2D eigenvalue weighted by molar-refractivity contribution is 7.13. The first-order valence-electron chi connectivity index (χ1n) is 8.46. The maximum atomic E-state index is 13.0. The zero-order valence-electron chi connectivity index (χ0n) is 14.7. The molecule has 8 heteroatoms. The quantitative estimate of drug-likeness (QED) is 0.690. The van der Waals surface area contributed by atoms with E-state index in [4.69, 9.17) is 0 Å². The van der Waals surface area contributed by atoms with E-state index < -0.39 is 0 Å². The minimum absolute atomic E-state index is 0.00838. The molecular formula is C18H19N5O2S. The molecule has 0 radical (unpaired) electrons. The number of fused-ring (bicyclic) bond motifs is 2. The van der Waals surface area contributed by atoms with Crippen LogP contribution in [-0.4, -0.2) is 63.4 Å². The molecule has 2 amide bonds. The molecule has 0 N–H and O–H groups in total. The highest BCUT2D eigenvalue weighted by Crippen LogP contribution is 2.24. The Morgan fingerprint density at radius 1 is 1.19 bits per heavy atom. The fourth-order valence-electron chi connectivity index (χ4n) is 3.12. The van der Waals surface area contributed by atoms with Crippen molar-refractivity contribution in [3.63, 3.8) is 0 Å². The van der Waals surface area contributed by atoms with E-state index in [2.05, 4.69) is 10.1 Å². The average molecular weight is 369 g/mol. The first-order chi connectivity index (χ1) is 12.5. The minimum atomic E-state index is -0.0673. The Hall–Kier alpha value is -2.74. The fourth-order valence-corrected chi connectivity index (χ4v) is 4.24. The van der Waals surface area contributed by atoms with Gasteiger partial charge in [-0.25, -0.2) is 9.50 Å². The molecule has 0 aliphatic carbocycles. The number of hydrogen-bond donors (Lipinski definition) is 0. The lowest BCUT2D eigenvalue weighted by Gasteiger charge is -2.19. The molecule has 0 saturated heterocycles. The number of rotatable bonds is 2. The van der Waals surface area contributed by atoms with Gasteiger partial charge in [-0.05, 0) is 12.1 Å². The SMILES string of the molecule is CN(C)C(=O)c1nc2c(s1)CCN(C(=O)c1cnn3ccccc13)CC2. The van der Waals surface area contributed by atoms with Crippen molar-refractivity contribution in [1.29, 1.82) is 0 Å². The lowest BCUT2D eigenvalue weighted by atomic mass is 10.2. The van der Waals surface area contributed by atoms with Crippen molar-refractivity contribution in [2.24, 2.45) is 0 Å². The van der Waals surface area contributed by atoms with Crippen LogP contribution >= 0.6 is 11.3 Å².